The van der Waals surface area contributed by atoms with Crippen molar-refractivity contribution < 1.29 is 42.8 Å². The zero-order valence-electron chi connectivity index (χ0n) is 28.3. The summed E-state index contributed by atoms with van der Waals surface area (Å²) in [4.78, 5) is 22.3. The molecule has 2 atom stereocenters. The van der Waals surface area contributed by atoms with Crippen LogP contribution in [0.3, 0.4) is 0 Å². The highest BCUT2D eigenvalue weighted by molar-refractivity contribution is 7.33. The average Bonchev–Trinajstić information content (AvgIpc) is 3.17. The van der Waals surface area contributed by atoms with E-state index in [1.54, 1.807) is 26.9 Å². The minimum Gasteiger partial charge on any atom is -0.494 e. The van der Waals surface area contributed by atoms with Gasteiger partial charge in [0.15, 0.2) is 12.6 Å². The summed E-state index contributed by atoms with van der Waals surface area (Å²) in [5.74, 6) is 3.57. The van der Waals surface area contributed by atoms with Crippen LogP contribution in [0.25, 0.3) is 21.8 Å². The minimum atomic E-state index is -3.14. The number of methoxy groups -OCH3 is 2. The first-order valence-corrected chi connectivity index (χ1v) is 18.1. The van der Waals surface area contributed by atoms with Crippen molar-refractivity contribution in [1.29, 1.82) is 0 Å². The van der Waals surface area contributed by atoms with Crippen LogP contribution >= 0.6 is 8.25 Å². The second kappa shape index (κ2) is 17.5. The van der Waals surface area contributed by atoms with Gasteiger partial charge < -0.3 is 39.0 Å². The van der Waals surface area contributed by atoms with Crippen LogP contribution in [0.15, 0.2) is 49.1 Å². The van der Waals surface area contributed by atoms with Crippen molar-refractivity contribution in [3.05, 3.63) is 49.1 Å². The van der Waals surface area contributed by atoms with Gasteiger partial charge in [-0.3, -0.25) is 13.6 Å². The fraction of sp³-hybridized carbons (Fsp3) is 0.529. The molecule has 0 amide bonds. The number of aliphatic hydroxyl groups excluding tert-OH is 2. The molecule has 2 fully saturated rings. The van der Waals surface area contributed by atoms with Crippen LogP contribution in [0, 0.1) is 11.8 Å². The van der Waals surface area contributed by atoms with Crippen LogP contribution in [-0.2, 0) is 23.1 Å². The van der Waals surface area contributed by atoms with Gasteiger partial charge in [0.05, 0.1) is 40.6 Å². The molecule has 4 aromatic rings. The normalized spacial score (nSPS) is 18.0. The molecule has 50 heavy (non-hydrogen) atoms. The zero-order chi connectivity index (χ0) is 34.9. The maximum absolute atomic E-state index is 12.7. The smallest absolute Gasteiger partial charge is 0.323 e. The molecule has 4 heterocycles. The highest BCUT2D eigenvalue weighted by Gasteiger charge is 2.26. The van der Waals surface area contributed by atoms with Gasteiger partial charge in [-0.05, 0) is 61.8 Å². The molecule has 2 aliphatic rings. The van der Waals surface area contributed by atoms with Gasteiger partial charge in [-0.15, -0.1) is 0 Å². The number of anilines is 2. The molecule has 6 rings (SSSR count). The fourth-order valence-electron chi connectivity index (χ4n) is 6.53. The number of nitrogens with zero attached hydrogens (tertiary/aromatic N) is 6. The minimum absolute atomic E-state index is 0.214. The van der Waals surface area contributed by atoms with Crippen molar-refractivity contribution in [2.45, 2.75) is 38.3 Å². The highest BCUT2D eigenvalue weighted by atomic mass is 31.1. The predicted molar refractivity (Wildman–Crippen MR) is 187 cm³/mol. The molecule has 2 aromatic carbocycles. The maximum atomic E-state index is 12.7. The lowest BCUT2D eigenvalue weighted by Gasteiger charge is -2.34. The largest absolute Gasteiger partial charge is 0.494 e. The number of hydrogen-bond acceptors (Lipinski definition) is 15. The van der Waals surface area contributed by atoms with Gasteiger partial charge in [-0.25, -0.2) is 19.9 Å². The monoisotopic (exact) mass is 712 g/mol. The van der Waals surface area contributed by atoms with Crippen LogP contribution in [-0.4, -0.2) is 110 Å². The predicted octanol–water partition coefficient (Wildman–Crippen LogP) is 3.82. The number of para-hydroxylation sites is 2. The number of hydrogen-bond donors (Lipinski definition) is 2. The summed E-state index contributed by atoms with van der Waals surface area (Å²) in [6.45, 7) is 2.72. The van der Waals surface area contributed by atoms with Gasteiger partial charge in [0.25, 0.3) is 0 Å². The van der Waals surface area contributed by atoms with Crippen molar-refractivity contribution in [3.8, 4) is 11.5 Å². The summed E-state index contributed by atoms with van der Waals surface area (Å²) in [5, 5.41) is 21.5. The van der Waals surface area contributed by atoms with Crippen molar-refractivity contribution in [2.75, 3.05) is 76.6 Å². The molecule has 0 bridgehead atoms. The lowest BCUT2D eigenvalue weighted by atomic mass is 9.97. The number of piperidine rings is 2. The number of aliphatic hydroxyl groups is 2. The third kappa shape index (κ3) is 8.60. The van der Waals surface area contributed by atoms with E-state index < -0.39 is 34.0 Å². The number of fused-ring (bicyclic) bond motifs is 2. The summed E-state index contributed by atoms with van der Waals surface area (Å²) in [7, 11) is 0.111. The van der Waals surface area contributed by atoms with Crippen molar-refractivity contribution >= 4 is 41.7 Å². The zero-order valence-corrected chi connectivity index (χ0v) is 29.3. The van der Waals surface area contributed by atoms with Crippen LogP contribution in [0.2, 0.25) is 0 Å². The molecule has 0 spiro atoms. The quantitative estimate of drug-likeness (QED) is 0.127. The Morgan fingerprint density at radius 2 is 1.12 bits per heavy atom. The van der Waals surface area contributed by atoms with Crippen LogP contribution in [0.5, 0.6) is 11.5 Å². The molecule has 2 N–H and O–H groups in total. The summed E-state index contributed by atoms with van der Waals surface area (Å²) in [5.41, 5.74) is 1.55. The average molecular weight is 713 g/mol. The Labute approximate surface area is 291 Å². The first-order chi connectivity index (χ1) is 24.5. The molecule has 15 nitrogen and oxygen atoms in total. The Hall–Kier alpha value is -3.69. The second-order valence-corrected chi connectivity index (χ2v) is 13.3. The van der Waals surface area contributed by atoms with Gasteiger partial charge in [0.2, 0.25) is 0 Å². The van der Waals surface area contributed by atoms with E-state index in [0.717, 1.165) is 85.3 Å². The third-order valence-corrected chi connectivity index (χ3v) is 10.2. The van der Waals surface area contributed by atoms with E-state index in [9.17, 15) is 14.8 Å². The molecule has 2 aliphatic heterocycles. The molecule has 0 aliphatic carbocycles. The third-order valence-electron chi connectivity index (χ3n) is 9.27. The topological polar surface area (TPSA) is 171 Å². The molecular weight excluding hydrogens is 667 g/mol. The van der Waals surface area contributed by atoms with E-state index in [-0.39, 0.29) is 11.8 Å². The molecule has 2 saturated heterocycles. The SMILES string of the molecule is COc1cccc2c(N3CCC(COC(CO)O[PH](=O)OC(CO)OCC4CCN(c5ncnc6c(OC)cccc56)CC4)CC3)ncnc12. The molecule has 16 heteroatoms. The van der Waals surface area contributed by atoms with Gasteiger partial charge in [-0.2, -0.15) is 0 Å². The number of aromatic nitrogens is 4. The Kier molecular flexibility index (Phi) is 12.6. The summed E-state index contributed by atoms with van der Waals surface area (Å²) < 4.78 is 46.0. The van der Waals surface area contributed by atoms with Gasteiger partial charge in [0, 0.05) is 37.0 Å². The van der Waals surface area contributed by atoms with E-state index in [1.807, 2.05) is 36.4 Å². The van der Waals surface area contributed by atoms with E-state index in [4.69, 9.17) is 28.0 Å². The fourth-order valence-corrected chi connectivity index (χ4v) is 7.30. The number of benzene rings is 2. The molecule has 2 unspecified atom stereocenters. The van der Waals surface area contributed by atoms with Crippen molar-refractivity contribution in [3.63, 3.8) is 0 Å². The Bertz CT molecular complexity index is 1600. The van der Waals surface area contributed by atoms with Gasteiger partial charge in [0.1, 0.15) is 46.8 Å². The van der Waals surface area contributed by atoms with E-state index in [2.05, 4.69) is 29.7 Å². The van der Waals surface area contributed by atoms with Crippen LogP contribution in [0.4, 0.5) is 11.6 Å². The molecule has 270 valence electrons. The van der Waals surface area contributed by atoms with Crippen molar-refractivity contribution in [1.82, 2.24) is 19.9 Å². The lowest BCUT2D eigenvalue weighted by Crippen LogP contribution is -2.37. The summed E-state index contributed by atoms with van der Waals surface area (Å²) in [6.07, 6.45) is 4.21. The first kappa shape index (κ1) is 36.1. The van der Waals surface area contributed by atoms with E-state index in [1.165, 1.54) is 0 Å². The highest BCUT2D eigenvalue weighted by Crippen LogP contribution is 2.34. The van der Waals surface area contributed by atoms with Gasteiger partial charge >= 0.3 is 8.25 Å². The second-order valence-electron chi connectivity index (χ2n) is 12.3. The van der Waals surface area contributed by atoms with Crippen molar-refractivity contribution in [2.24, 2.45) is 11.8 Å². The molecule has 0 saturated carbocycles. The standard InChI is InChI=1S/C34H45N6O9P/c1-44-27-7-3-5-25-31(27)35-21-37-33(25)39-13-9-23(10-14-39)19-46-29(17-41)48-50(43)49-30(18-42)47-20-24-11-15-40(16-12-24)34-26-6-4-8-28(45-2)32(26)36-22-38-34/h3-8,21-24,29-30,41-42,50H,9-20H2,1-2H3. The Morgan fingerprint density at radius 3 is 1.50 bits per heavy atom. The maximum Gasteiger partial charge on any atom is 0.323 e. The molecule has 0 radical (unpaired) electrons. The summed E-state index contributed by atoms with van der Waals surface area (Å²) >= 11 is 0. The van der Waals surface area contributed by atoms with Gasteiger partial charge in [-0.1, -0.05) is 12.1 Å². The summed E-state index contributed by atoms with van der Waals surface area (Å²) in [6, 6.07) is 11.6. The van der Waals surface area contributed by atoms with E-state index >= 15 is 0 Å². The molecular formula is C34H45N6O9P. The number of rotatable bonds is 16. The molecule has 2 aromatic heterocycles. The lowest BCUT2D eigenvalue weighted by molar-refractivity contribution is -0.145. The number of ether oxygens (including phenoxy) is 4. The van der Waals surface area contributed by atoms with E-state index in [0.29, 0.717) is 24.7 Å². The Morgan fingerprint density at radius 1 is 0.700 bits per heavy atom. The first-order valence-electron chi connectivity index (χ1n) is 16.9. The Balaban J connectivity index is 0.912. The van der Waals surface area contributed by atoms with Crippen LogP contribution < -0.4 is 19.3 Å². The van der Waals surface area contributed by atoms with Crippen LogP contribution in [0.1, 0.15) is 25.7 Å².